The standard InChI is InChI=1S/C16H17N5O8S2/c17-14(16(22)23)9-15(20-18-10-1-5-12(6-2-10)30(24,25)26)21-19-11-3-7-13(8-4-11)31(27,28)29/h1-8,14-15H,9,17H2,(H,22,23)(H,24,25,26)(H,27,28,29)/t14-,15?/m0/s1. The van der Waals surface area contributed by atoms with Gasteiger partial charge in [0.25, 0.3) is 20.2 Å². The van der Waals surface area contributed by atoms with E-state index in [4.69, 9.17) is 19.9 Å². The monoisotopic (exact) mass is 471 g/mol. The molecule has 2 rings (SSSR count). The van der Waals surface area contributed by atoms with Crippen LogP contribution in [0.25, 0.3) is 0 Å². The Hall–Kier alpha value is -3.11. The Kier molecular flexibility index (Phi) is 7.64. The van der Waals surface area contributed by atoms with Crippen molar-refractivity contribution in [2.24, 2.45) is 26.2 Å². The van der Waals surface area contributed by atoms with Crippen molar-refractivity contribution < 1.29 is 35.8 Å². The Labute approximate surface area is 176 Å². The minimum atomic E-state index is -4.37. The molecule has 2 aromatic rings. The van der Waals surface area contributed by atoms with Crippen LogP contribution < -0.4 is 5.73 Å². The number of benzene rings is 2. The molecule has 0 unspecified atom stereocenters. The van der Waals surface area contributed by atoms with Crippen LogP contribution in [0.1, 0.15) is 6.42 Å². The predicted molar refractivity (Wildman–Crippen MR) is 106 cm³/mol. The summed E-state index contributed by atoms with van der Waals surface area (Å²) in [5, 5.41) is 24.4. The van der Waals surface area contributed by atoms with Gasteiger partial charge in [0, 0.05) is 6.42 Å². The van der Waals surface area contributed by atoms with E-state index in [2.05, 4.69) is 20.5 Å². The first-order chi connectivity index (χ1) is 14.4. The molecule has 0 amide bonds. The Morgan fingerprint density at radius 1 is 0.806 bits per heavy atom. The molecule has 0 aliphatic heterocycles. The van der Waals surface area contributed by atoms with Gasteiger partial charge in [0.1, 0.15) is 6.04 Å². The number of carboxylic acids is 1. The average molecular weight is 471 g/mol. The molecule has 1 atom stereocenters. The highest BCUT2D eigenvalue weighted by molar-refractivity contribution is 7.86. The highest BCUT2D eigenvalue weighted by Crippen LogP contribution is 2.20. The average Bonchev–Trinajstić information content (AvgIpc) is 2.69. The molecule has 15 heteroatoms. The zero-order valence-corrected chi connectivity index (χ0v) is 17.2. The highest BCUT2D eigenvalue weighted by Gasteiger charge is 2.18. The van der Waals surface area contributed by atoms with Crippen molar-refractivity contribution in [3.63, 3.8) is 0 Å². The number of azo groups is 2. The van der Waals surface area contributed by atoms with Crippen LogP contribution in [-0.2, 0) is 25.0 Å². The number of carbonyl (C=O) groups is 1. The van der Waals surface area contributed by atoms with Crippen molar-refractivity contribution in [1.29, 1.82) is 0 Å². The molecule has 0 bridgehead atoms. The molecule has 0 heterocycles. The van der Waals surface area contributed by atoms with E-state index in [1.165, 1.54) is 24.3 Å². The van der Waals surface area contributed by atoms with E-state index in [1.54, 1.807) is 0 Å². The zero-order valence-electron chi connectivity index (χ0n) is 15.5. The SMILES string of the molecule is N[C@@H](CC(N=Nc1ccc(S(=O)(=O)O)cc1)N=Nc1ccc(S(=O)(=O)O)cc1)C(=O)O. The maximum Gasteiger partial charge on any atom is 0.320 e. The van der Waals surface area contributed by atoms with E-state index >= 15 is 0 Å². The van der Waals surface area contributed by atoms with Gasteiger partial charge >= 0.3 is 5.97 Å². The first-order valence-corrected chi connectivity index (χ1v) is 11.2. The predicted octanol–water partition coefficient (Wildman–Crippen LogP) is 2.18. The molecule has 0 spiro atoms. The van der Waals surface area contributed by atoms with Crippen molar-refractivity contribution in [1.82, 2.24) is 0 Å². The van der Waals surface area contributed by atoms with Gasteiger partial charge in [-0.3, -0.25) is 13.9 Å². The summed E-state index contributed by atoms with van der Waals surface area (Å²) >= 11 is 0. The number of carboxylic acid groups (broad SMARTS) is 1. The molecule has 2 aromatic carbocycles. The largest absolute Gasteiger partial charge is 0.480 e. The summed E-state index contributed by atoms with van der Waals surface area (Å²) in [4.78, 5) is 10.3. The lowest BCUT2D eigenvalue weighted by atomic mass is 10.2. The molecule has 0 fully saturated rings. The second-order valence-electron chi connectivity index (χ2n) is 6.03. The van der Waals surface area contributed by atoms with Gasteiger partial charge in [0.15, 0.2) is 6.17 Å². The lowest BCUT2D eigenvalue weighted by Gasteiger charge is -2.09. The van der Waals surface area contributed by atoms with Gasteiger partial charge in [-0.15, -0.1) is 0 Å². The number of aliphatic carboxylic acids is 1. The van der Waals surface area contributed by atoms with E-state index in [1.807, 2.05) is 0 Å². The molecular formula is C16H17N5O8S2. The molecule has 0 saturated heterocycles. The van der Waals surface area contributed by atoms with Crippen molar-refractivity contribution in [3.8, 4) is 0 Å². The molecule has 0 aliphatic rings. The summed E-state index contributed by atoms with van der Waals surface area (Å²) in [5.74, 6) is -1.30. The minimum absolute atomic E-state index is 0.189. The third-order valence-corrected chi connectivity index (χ3v) is 5.40. The number of hydrogen-bond acceptors (Lipinski definition) is 10. The lowest BCUT2D eigenvalue weighted by Crippen LogP contribution is -2.32. The fraction of sp³-hybridized carbons (Fsp3) is 0.188. The smallest absolute Gasteiger partial charge is 0.320 e. The molecular weight excluding hydrogens is 454 g/mol. The molecule has 0 aromatic heterocycles. The lowest BCUT2D eigenvalue weighted by molar-refractivity contribution is -0.138. The fourth-order valence-corrected chi connectivity index (χ4v) is 3.04. The Morgan fingerprint density at radius 2 is 1.16 bits per heavy atom. The summed E-state index contributed by atoms with van der Waals surface area (Å²) in [6.45, 7) is 0. The fourth-order valence-electron chi connectivity index (χ4n) is 2.08. The Morgan fingerprint density at radius 3 is 1.45 bits per heavy atom. The van der Waals surface area contributed by atoms with Crippen molar-refractivity contribution >= 4 is 37.6 Å². The van der Waals surface area contributed by atoms with E-state index in [0.717, 1.165) is 24.3 Å². The van der Waals surface area contributed by atoms with E-state index in [-0.39, 0.29) is 27.6 Å². The molecule has 31 heavy (non-hydrogen) atoms. The van der Waals surface area contributed by atoms with Crippen LogP contribution in [0.15, 0.2) is 78.8 Å². The second kappa shape index (κ2) is 9.80. The minimum Gasteiger partial charge on any atom is -0.480 e. The van der Waals surface area contributed by atoms with Crippen LogP contribution in [0, 0.1) is 0 Å². The quantitative estimate of drug-likeness (QED) is 0.310. The first-order valence-electron chi connectivity index (χ1n) is 8.31. The number of nitrogens with zero attached hydrogens (tertiary/aromatic N) is 4. The summed E-state index contributed by atoms with van der Waals surface area (Å²) in [7, 11) is -8.74. The van der Waals surface area contributed by atoms with Crippen molar-refractivity contribution in [2.75, 3.05) is 0 Å². The zero-order chi connectivity index (χ0) is 23.2. The Bertz CT molecular complexity index is 1110. The summed E-state index contributed by atoms with van der Waals surface area (Å²) < 4.78 is 62.1. The number of rotatable bonds is 9. The van der Waals surface area contributed by atoms with Gasteiger partial charge < -0.3 is 10.8 Å². The Balaban J connectivity index is 2.23. The van der Waals surface area contributed by atoms with Crippen LogP contribution in [0.3, 0.4) is 0 Å². The molecule has 0 aliphatic carbocycles. The van der Waals surface area contributed by atoms with Crippen LogP contribution >= 0.6 is 0 Å². The van der Waals surface area contributed by atoms with Gasteiger partial charge in [-0.25, -0.2) is 0 Å². The van der Waals surface area contributed by atoms with Gasteiger partial charge in [-0.1, -0.05) is 0 Å². The van der Waals surface area contributed by atoms with E-state index < -0.39 is 38.4 Å². The van der Waals surface area contributed by atoms with Crippen LogP contribution in [-0.4, -0.2) is 49.2 Å². The second-order valence-corrected chi connectivity index (χ2v) is 8.87. The molecule has 13 nitrogen and oxygen atoms in total. The van der Waals surface area contributed by atoms with Gasteiger partial charge in [-0.2, -0.15) is 37.3 Å². The van der Waals surface area contributed by atoms with Gasteiger partial charge in [0.2, 0.25) is 0 Å². The van der Waals surface area contributed by atoms with Crippen LogP contribution in [0.2, 0.25) is 0 Å². The molecule has 5 N–H and O–H groups in total. The van der Waals surface area contributed by atoms with Gasteiger partial charge in [-0.05, 0) is 48.5 Å². The summed E-state index contributed by atoms with van der Waals surface area (Å²) in [6.07, 6.45) is -1.40. The van der Waals surface area contributed by atoms with Crippen molar-refractivity contribution in [2.45, 2.75) is 28.4 Å². The molecule has 0 saturated carbocycles. The van der Waals surface area contributed by atoms with Crippen LogP contribution in [0.4, 0.5) is 11.4 Å². The van der Waals surface area contributed by atoms with Crippen LogP contribution in [0.5, 0.6) is 0 Å². The number of hydrogen-bond donors (Lipinski definition) is 4. The molecule has 0 radical (unpaired) electrons. The van der Waals surface area contributed by atoms with Crippen molar-refractivity contribution in [3.05, 3.63) is 48.5 Å². The first kappa shape index (κ1) is 24.2. The van der Waals surface area contributed by atoms with Gasteiger partial charge in [0.05, 0.1) is 21.2 Å². The third-order valence-electron chi connectivity index (χ3n) is 3.66. The maximum atomic E-state index is 11.0. The topological polar surface area (TPSA) is 221 Å². The van der Waals surface area contributed by atoms with E-state index in [0.29, 0.717) is 0 Å². The molecule has 166 valence electrons. The van der Waals surface area contributed by atoms with E-state index in [9.17, 15) is 21.6 Å². The summed E-state index contributed by atoms with van der Waals surface area (Å²) in [6, 6.07) is 8.09. The third kappa shape index (κ3) is 7.58. The summed E-state index contributed by atoms with van der Waals surface area (Å²) in [5.41, 5.74) is 5.88. The normalized spacial score (nSPS) is 14.7. The maximum absolute atomic E-state index is 11.0. The highest BCUT2D eigenvalue weighted by atomic mass is 32.2. The number of nitrogens with two attached hydrogens (primary N) is 1.